The smallest absolute Gasteiger partial charge is 0.272 e. The fourth-order valence-corrected chi connectivity index (χ4v) is 2.63. The number of halogens is 1. The minimum absolute atomic E-state index is 0.198. The van der Waals surface area contributed by atoms with E-state index in [9.17, 15) is 14.5 Å². The van der Waals surface area contributed by atoms with Crippen LogP contribution < -0.4 is 5.32 Å². The molecule has 1 fully saturated rings. The Hall–Kier alpha value is -1.53. The summed E-state index contributed by atoms with van der Waals surface area (Å²) < 4.78 is 13.3. The molecule has 1 aromatic rings. The van der Waals surface area contributed by atoms with Crippen molar-refractivity contribution in [3.63, 3.8) is 0 Å². The highest BCUT2D eigenvalue weighted by Gasteiger charge is 2.18. The molecule has 0 bridgehead atoms. The number of rotatable bonds is 5. The van der Waals surface area contributed by atoms with E-state index >= 15 is 0 Å². The Morgan fingerprint density at radius 1 is 1.45 bits per heavy atom. The highest BCUT2D eigenvalue weighted by Crippen LogP contribution is 2.17. The van der Waals surface area contributed by atoms with Gasteiger partial charge in [-0.05, 0) is 38.1 Å². The molecular formula is C14H20FN3O2. The van der Waals surface area contributed by atoms with Crippen molar-refractivity contribution in [2.75, 3.05) is 20.1 Å². The maximum atomic E-state index is 13.3. The maximum Gasteiger partial charge on any atom is 0.272 e. The SMILES string of the molecule is CN1CCCCC1CNCc1cc(F)cc([N+](=O)[O-])c1. The molecule has 20 heavy (non-hydrogen) atoms. The fourth-order valence-electron chi connectivity index (χ4n) is 2.63. The van der Waals surface area contributed by atoms with Gasteiger partial charge in [-0.3, -0.25) is 10.1 Å². The van der Waals surface area contributed by atoms with Crippen LogP contribution in [-0.4, -0.2) is 36.0 Å². The summed E-state index contributed by atoms with van der Waals surface area (Å²) in [5.41, 5.74) is 0.409. The topological polar surface area (TPSA) is 58.4 Å². The standard InChI is InChI=1S/C14H20FN3O2/c1-17-5-3-2-4-13(17)10-16-9-11-6-12(15)8-14(7-11)18(19)20/h6-8,13,16H,2-5,9-10H2,1H3. The van der Waals surface area contributed by atoms with E-state index in [4.69, 9.17) is 0 Å². The first kappa shape index (κ1) is 14.9. The summed E-state index contributed by atoms with van der Waals surface area (Å²) >= 11 is 0. The third kappa shape index (κ3) is 3.98. The lowest BCUT2D eigenvalue weighted by Crippen LogP contribution is -2.42. The Morgan fingerprint density at radius 2 is 2.25 bits per heavy atom. The Bertz CT molecular complexity index is 481. The van der Waals surface area contributed by atoms with E-state index in [0.29, 0.717) is 18.2 Å². The minimum atomic E-state index is -0.568. The van der Waals surface area contributed by atoms with E-state index in [2.05, 4.69) is 17.3 Å². The molecule has 2 rings (SSSR count). The molecule has 1 aromatic carbocycles. The third-order valence-corrected chi connectivity index (χ3v) is 3.78. The molecular weight excluding hydrogens is 261 g/mol. The number of benzene rings is 1. The second kappa shape index (κ2) is 6.76. The van der Waals surface area contributed by atoms with Crippen LogP contribution in [0.15, 0.2) is 18.2 Å². The number of nitro benzene ring substituents is 1. The fraction of sp³-hybridized carbons (Fsp3) is 0.571. The van der Waals surface area contributed by atoms with Crippen LogP contribution in [0.5, 0.6) is 0 Å². The molecule has 1 saturated heterocycles. The van der Waals surface area contributed by atoms with Crippen LogP contribution in [-0.2, 0) is 6.54 Å². The van der Waals surface area contributed by atoms with Gasteiger partial charge in [0, 0.05) is 25.2 Å². The number of non-ortho nitro benzene ring substituents is 1. The van der Waals surface area contributed by atoms with Crippen LogP contribution in [0.3, 0.4) is 0 Å². The van der Waals surface area contributed by atoms with Crippen molar-refractivity contribution >= 4 is 5.69 Å². The first-order valence-corrected chi connectivity index (χ1v) is 6.91. The lowest BCUT2D eigenvalue weighted by Gasteiger charge is -2.32. The summed E-state index contributed by atoms with van der Waals surface area (Å²) in [5, 5.41) is 13.9. The van der Waals surface area contributed by atoms with E-state index in [0.717, 1.165) is 25.6 Å². The number of nitro groups is 1. The Labute approximate surface area is 117 Å². The number of piperidine rings is 1. The molecule has 5 nitrogen and oxygen atoms in total. The number of likely N-dealkylation sites (tertiary alicyclic amines) is 1. The number of nitrogens with zero attached hydrogens (tertiary/aromatic N) is 2. The molecule has 0 saturated carbocycles. The lowest BCUT2D eigenvalue weighted by atomic mass is 10.0. The predicted molar refractivity (Wildman–Crippen MR) is 75.0 cm³/mol. The van der Waals surface area contributed by atoms with Crippen molar-refractivity contribution in [2.45, 2.75) is 31.8 Å². The van der Waals surface area contributed by atoms with Gasteiger partial charge >= 0.3 is 0 Å². The van der Waals surface area contributed by atoms with Gasteiger partial charge in [-0.1, -0.05) is 6.42 Å². The summed E-state index contributed by atoms with van der Waals surface area (Å²) in [6.07, 6.45) is 3.64. The molecule has 1 aliphatic rings. The van der Waals surface area contributed by atoms with Gasteiger partial charge in [-0.2, -0.15) is 0 Å². The zero-order chi connectivity index (χ0) is 14.5. The minimum Gasteiger partial charge on any atom is -0.311 e. The number of hydrogen-bond acceptors (Lipinski definition) is 4. The molecule has 110 valence electrons. The van der Waals surface area contributed by atoms with Gasteiger partial charge in [0.25, 0.3) is 5.69 Å². The van der Waals surface area contributed by atoms with E-state index in [1.165, 1.54) is 25.0 Å². The molecule has 0 spiro atoms. The van der Waals surface area contributed by atoms with Gasteiger partial charge in [0.05, 0.1) is 11.0 Å². The quantitative estimate of drug-likeness (QED) is 0.664. The van der Waals surface area contributed by atoms with Gasteiger partial charge in [0.1, 0.15) is 5.82 Å². The first-order chi connectivity index (χ1) is 9.56. The van der Waals surface area contributed by atoms with Crippen LogP contribution in [0.4, 0.5) is 10.1 Å². The Kier molecular flexibility index (Phi) is 5.03. The van der Waals surface area contributed by atoms with Gasteiger partial charge < -0.3 is 10.2 Å². The van der Waals surface area contributed by atoms with Crippen LogP contribution in [0.1, 0.15) is 24.8 Å². The van der Waals surface area contributed by atoms with E-state index < -0.39 is 10.7 Å². The summed E-state index contributed by atoms with van der Waals surface area (Å²) in [4.78, 5) is 12.4. The summed E-state index contributed by atoms with van der Waals surface area (Å²) in [7, 11) is 2.11. The van der Waals surface area contributed by atoms with Crippen LogP contribution >= 0.6 is 0 Å². The average molecular weight is 281 g/mol. The molecule has 6 heteroatoms. The van der Waals surface area contributed by atoms with Gasteiger partial charge in [0.2, 0.25) is 0 Å². The number of likely N-dealkylation sites (N-methyl/N-ethyl adjacent to an activating group) is 1. The normalized spacial score (nSPS) is 20.0. The average Bonchev–Trinajstić information content (AvgIpc) is 2.40. The maximum absolute atomic E-state index is 13.3. The van der Waals surface area contributed by atoms with Crippen molar-refractivity contribution < 1.29 is 9.31 Å². The van der Waals surface area contributed by atoms with Gasteiger partial charge in [0.15, 0.2) is 0 Å². The second-order valence-corrected chi connectivity index (χ2v) is 5.34. The van der Waals surface area contributed by atoms with Crippen LogP contribution in [0.2, 0.25) is 0 Å². The van der Waals surface area contributed by atoms with Crippen molar-refractivity contribution in [3.05, 3.63) is 39.7 Å². The number of hydrogen-bond donors (Lipinski definition) is 1. The lowest BCUT2D eigenvalue weighted by molar-refractivity contribution is -0.385. The summed E-state index contributed by atoms with van der Waals surface area (Å²) in [6, 6.07) is 4.19. The zero-order valence-electron chi connectivity index (χ0n) is 11.6. The Balaban J connectivity index is 1.89. The molecule has 0 aromatic heterocycles. The molecule has 1 N–H and O–H groups in total. The van der Waals surface area contributed by atoms with Crippen molar-refractivity contribution in [3.8, 4) is 0 Å². The molecule has 1 unspecified atom stereocenters. The van der Waals surface area contributed by atoms with Crippen molar-refractivity contribution in [2.24, 2.45) is 0 Å². The molecule has 1 heterocycles. The first-order valence-electron chi connectivity index (χ1n) is 6.91. The molecule has 0 amide bonds. The predicted octanol–water partition coefficient (Wildman–Crippen LogP) is 2.31. The monoisotopic (exact) mass is 281 g/mol. The van der Waals surface area contributed by atoms with E-state index in [-0.39, 0.29) is 5.69 Å². The highest BCUT2D eigenvalue weighted by atomic mass is 19.1. The zero-order valence-corrected chi connectivity index (χ0v) is 11.6. The summed E-state index contributed by atoms with van der Waals surface area (Å²) in [6.45, 7) is 2.38. The second-order valence-electron chi connectivity index (χ2n) is 5.34. The largest absolute Gasteiger partial charge is 0.311 e. The van der Waals surface area contributed by atoms with E-state index in [1.54, 1.807) is 0 Å². The molecule has 1 atom stereocenters. The third-order valence-electron chi connectivity index (χ3n) is 3.78. The van der Waals surface area contributed by atoms with E-state index in [1.807, 2.05) is 0 Å². The highest BCUT2D eigenvalue weighted by molar-refractivity contribution is 5.35. The van der Waals surface area contributed by atoms with Crippen LogP contribution in [0.25, 0.3) is 0 Å². The summed E-state index contributed by atoms with van der Waals surface area (Å²) in [5.74, 6) is -0.564. The molecule has 0 aliphatic carbocycles. The van der Waals surface area contributed by atoms with Crippen molar-refractivity contribution in [1.29, 1.82) is 0 Å². The van der Waals surface area contributed by atoms with Crippen LogP contribution in [0, 0.1) is 15.9 Å². The molecule has 0 radical (unpaired) electrons. The molecule has 1 aliphatic heterocycles. The Morgan fingerprint density at radius 3 is 2.95 bits per heavy atom. The van der Waals surface area contributed by atoms with Crippen molar-refractivity contribution in [1.82, 2.24) is 10.2 Å². The number of nitrogens with one attached hydrogen (secondary N) is 1. The van der Waals surface area contributed by atoms with Gasteiger partial charge in [-0.15, -0.1) is 0 Å². The van der Waals surface area contributed by atoms with Gasteiger partial charge in [-0.25, -0.2) is 4.39 Å².